The van der Waals surface area contributed by atoms with Gasteiger partial charge in [-0.1, -0.05) is 29.3 Å². The first-order valence-electron chi connectivity index (χ1n) is 5.52. The van der Waals surface area contributed by atoms with E-state index in [1.807, 2.05) is 0 Å². The standard InChI is InChI=1S/C11H13Cl2NO3S/c12-9-2-1-3-10(13)11(9)18(16,17)14-5-4-8(6-14)7-15/h1-3,8,15H,4-7H2. The lowest BCUT2D eigenvalue weighted by Gasteiger charge is -2.18. The number of nitrogens with zero attached hydrogens (tertiary/aromatic N) is 1. The van der Waals surface area contributed by atoms with Crippen LogP contribution in [-0.4, -0.2) is 37.5 Å². The molecule has 1 atom stereocenters. The SMILES string of the molecule is O=S(=O)(c1c(Cl)cccc1Cl)N1CCC(CO)C1. The second-order valence-electron chi connectivity index (χ2n) is 4.25. The summed E-state index contributed by atoms with van der Waals surface area (Å²) in [5, 5.41) is 9.30. The molecule has 0 amide bonds. The summed E-state index contributed by atoms with van der Waals surface area (Å²) in [4.78, 5) is -0.0491. The molecule has 4 nitrogen and oxygen atoms in total. The predicted molar refractivity (Wildman–Crippen MR) is 70.4 cm³/mol. The molecule has 1 saturated heterocycles. The molecule has 0 radical (unpaired) electrons. The Morgan fingerprint density at radius 2 is 1.94 bits per heavy atom. The molecule has 0 spiro atoms. The normalized spacial score (nSPS) is 21.4. The summed E-state index contributed by atoms with van der Waals surface area (Å²) in [6.45, 7) is 0.678. The Hall–Kier alpha value is -0.330. The summed E-state index contributed by atoms with van der Waals surface area (Å²) in [5.41, 5.74) is 0. The maximum Gasteiger partial charge on any atom is 0.246 e. The largest absolute Gasteiger partial charge is 0.396 e. The lowest BCUT2D eigenvalue weighted by Crippen LogP contribution is -2.29. The predicted octanol–water partition coefficient (Wildman–Crippen LogP) is 2.00. The van der Waals surface area contributed by atoms with Crippen molar-refractivity contribution in [1.82, 2.24) is 4.31 Å². The molecule has 0 aromatic heterocycles. The summed E-state index contributed by atoms with van der Waals surface area (Å²) in [6.07, 6.45) is 0.651. The van der Waals surface area contributed by atoms with E-state index in [0.717, 1.165) is 0 Å². The van der Waals surface area contributed by atoms with Gasteiger partial charge in [0.2, 0.25) is 10.0 Å². The van der Waals surface area contributed by atoms with Crippen molar-refractivity contribution >= 4 is 33.2 Å². The van der Waals surface area contributed by atoms with E-state index in [0.29, 0.717) is 19.5 Å². The zero-order valence-corrected chi connectivity index (χ0v) is 11.8. The molecule has 1 aliphatic rings. The average Bonchev–Trinajstić information content (AvgIpc) is 2.77. The number of aliphatic hydroxyl groups excluding tert-OH is 1. The van der Waals surface area contributed by atoms with Gasteiger partial charge in [0.25, 0.3) is 0 Å². The molecule has 1 heterocycles. The van der Waals surface area contributed by atoms with Crippen LogP contribution in [-0.2, 0) is 10.0 Å². The highest BCUT2D eigenvalue weighted by Gasteiger charge is 2.34. The Morgan fingerprint density at radius 1 is 1.33 bits per heavy atom. The Balaban J connectivity index is 2.38. The number of hydrogen-bond donors (Lipinski definition) is 1. The highest BCUT2D eigenvalue weighted by molar-refractivity contribution is 7.89. The Morgan fingerprint density at radius 3 is 2.44 bits per heavy atom. The quantitative estimate of drug-likeness (QED) is 0.929. The molecule has 1 aliphatic heterocycles. The second kappa shape index (κ2) is 5.35. The van der Waals surface area contributed by atoms with Crippen LogP contribution >= 0.6 is 23.2 Å². The maximum atomic E-state index is 12.4. The van der Waals surface area contributed by atoms with Crippen molar-refractivity contribution in [3.63, 3.8) is 0 Å². The topological polar surface area (TPSA) is 57.6 Å². The molecule has 100 valence electrons. The molecule has 1 aromatic rings. The van der Waals surface area contributed by atoms with Crippen LogP contribution in [0.15, 0.2) is 23.1 Å². The number of sulfonamides is 1. The fourth-order valence-electron chi connectivity index (χ4n) is 2.02. The lowest BCUT2D eigenvalue weighted by molar-refractivity contribution is 0.233. The second-order valence-corrected chi connectivity index (χ2v) is 6.94. The molecular weight excluding hydrogens is 297 g/mol. The first-order chi connectivity index (χ1) is 8.46. The van der Waals surface area contributed by atoms with Crippen molar-refractivity contribution in [1.29, 1.82) is 0 Å². The van der Waals surface area contributed by atoms with Gasteiger partial charge in [0.05, 0.1) is 10.0 Å². The number of aliphatic hydroxyl groups is 1. The molecule has 1 N–H and O–H groups in total. The van der Waals surface area contributed by atoms with Gasteiger partial charge < -0.3 is 5.11 Å². The summed E-state index contributed by atoms with van der Waals surface area (Å²) in [5.74, 6) is -0.0129. The molecule has 18 heavy (non-hydrogen) atoms. The van der Waals surface area contributed by atoms with Crippen molar-refractivity contribution < 1.29 is 13.5 Å². The van der Waals surface area contributed by atoms with Gasteiger partial charge in [0.1, 0.15) is 4.90 Å². The first kappa shape index (κ1) is 14.1. The minimum absolute atomic E-state index is 0.0116. The van der Waals surface area contributed by atoms with Crippen LogP contribution in [0.25, 0.3) is 0 Å². The van der Waals surface area contributed by atoms with Crippen LogP contribution in [0.3, 0.4) is 0 Å². The Bertz CT molecular complexity index is 527. The third-order valence-electron chi connectivity index (χ3n) is 3.02. The van der Waals surface area contributed by atoms with Gasteiger partial charge in [-0.2, -0.15) is 4.31 Å². The third-order valence-corrected chi connectivity index (χ3v) is 5.84. The fraction of sp³-hybridized carbons (Fsp3) is 0.455. The number of rotatable bonds is 3. The van der Waals surface area contributed by atoms with Gasteiger partial charge in [0, 0.05) is 19.7 Å². The van der Waals surface area contributed by atoms with Gasteiger partial charge in [-0.3, -0.25) is 0 Å². The summed E-state index contributed by atoms with van der Waals surface area (Å²) in [6, 6.07) is 4.60. The van der Waals surface area contributed by atoms with Crippen LogP contribution in [0.1, 0.15) is 6.42 Å². The van der Waals surface area contributed by atoms with E-state index >= 15 is 0 Å². The van der Waals surface area contributed by atoms with Gasteiger partial charge in [-0.25, -0.2) is 8.42 Å². The van der Waals surface area contributed by atoms with Crippen LogP contribution in [0, 0.1) is 5.92 Å². The van der Waals surface area contributed by atoms with Crippen LogP contribution in [0.4, 0.5) is 0 Å². The van der Waals surface area contributed by atoms with Gasteiger partial charge in [-0.05, 0) is 24.5 Å². The first-order valence-corrected chi connectivity index (χ1v) is 7.71. The summed E-state index contributed by atoms with van der Waals surface area (Å²) < 4.78 is 26.1. The summed E-state index contributed by atoms with van der Waals surface area (Å²) in [7, 11) is -3.68. The highest BCUT2D eigenvalue weighted by Crippen LogP contribution is 2.33. The fourth-order valence-corrected chi connectivity index (χ4v) is 4.64. The highest BCUT2D eigenvalue weighted by atomic mass is 35.5. The van der Waals surface area contributed by atoms with Crippen molar-refractivity contribution in [2.24, 2.45) is 5.92 Å². The molecule has 1 aromatic carbocycles. The molecule has 0 aliphatic carbocycles. The molecule has 7 heteroatoms. The smallest absolute Gasteiger partial charge is 0.246 e. The van der Waals surface area contributed by atoms with Crippen LogP contribution < -0.4 is 0 Å². The van der Waals surface area contributed by atoms with Gasteiger partial charge >= 0.3 is 0 Å². The van der Waals surface area contributed by atoms with Gasteiger partial charge in [0.15, 0.2) is 0 Å². The minimum atomic E-state index is -3.68. The monoisotopic (exact) mass is 309 g/mol. The van der Waals surface area contributed by atoms with E-state index in [4.69, 9.17) is 28.3 Å². The number of benzene rings is 1. The number of hydrogen-bond acceptors (Lipinski definition) is 3. The molecule has 1 fully saturated rings. The van der Waals surface area contributed by atoms with E-state index in [-0.39, 0.29) is 27.5 Å². The number of halogens is 2. The molecule has 0 bridgehead atoms. The summed E-state index contributed by atoms with van der Waals surface area (Å²) >= 11 is 11.8. The van der Waals surface area contributed by atoms with E-state index in [1.54, 1.807) is 6.07 Å². The van der Waals surface area contributed by atoms with E-state index < -0.39 is 10.0 Å². The van der Waals surface area contributed by atoms with Crippen molar-refractivity contribution in [2.45, 2.75) is 11.3 Å². The zero-order chi connectivity index (χ0) is 13.3. The molecule has 0 saturated carbocycles. The average molecular weight is 310 g/mol. The van der Waals surface area contributed by atoms with Gasteiger partial charge in [-0.15, -0.1) is 0 Å². The van der Waals surface area contributed by atoms with Crippen molar-refractivity contribution in [2.75, 3.05) is 19.7 Å². The minimum Gasteiger partial charge on any atom is -0.396 e. The van der Waals surface area contributed by atoms with Crippen molar-refractivity contribution in [3.8, 4) is 0 Å². The molecular formula is C11H13Cl2NO3S. The third kappa shape index (κ3) is 2.51. The van der Waals surface area contributed by atoms with Crippen LogP contribution in [0.5, 0.6) is 0 Å². The van der Waals surface area contributed by atoms with Crippen LogP contribution in [0.2, 0.25) is 10.0 Å². The van der Waals surface area contributed by atoms with E-state index in [1.165, 1.54) is 16.4 Å². The zero-order valence-electron chi connectivity index (χ0n) is 9.51. The Labute approximate surface area is 116 Å². The van der Waals surface area contributed by atoms with E-state index in [9.17, 15) is 8.42 Å². The maximum absolute atomic E-state index is 12.4. The molecule has 1 unspecified atom stereocenters. The lowest BCUT2D eigenvalue weighted by atomic mass is 10.1. The molecule has 2 rings (SSSR count). The van der Waals surface area contributed by atoms with E-state index in [2.05, 4.69) is 0 Å². The Kier molecular flexibility index (Phi) is 4.18. The van der Waals surface area contributed by atoms with Crippen molar-refractivity contribution in [3.05, 3.63) is 28.2 Å².